The average Bonchev–Trinajstić information content (AvgIpc) is 3.00. The van der Waals surface area contributed by atoms with Crippen LogP contribution in [0.15, 0.2) is 30.5 Å². The van der Waals surface area contributed by atoms with Gasteiger partial charge in [-0.2, -0.15) is 0 Å². The summed E-state index contributed by atoms with van der Waals surface area (Å²) in [6.07, 6.45) is 1.78. The van der Waals surface area contributed by atoms with Crippen LogP contribution < -0.4 is 5.32 Å². The van der Waals surface area contributed by atoms with Crippen LogP contribution in [0.1, 0.15) is 0 Å². The number of anilines is 1. The van der Waals surface area contributed by atoms with Crippen molar-refractivity contribution in [2.24, 2.45) is 0 Å². The van der Waals surface area contributed by atoms with Gasteiger partial charge in [0.05, 0.1) is 18.5 Å². The maximum absolute atomic E-state index is 9.33. The number of nitrogens with zero attached hydrogens (tertiary/aromatic N) is 3. The lowest BCUT2D eigenvalue weighted by Crippen LogP contribution is -2.07. The molecule has 0 spiro atoms. The molecular weight excluding hydrogens is 276 g/mol. The first-order valence-corrected chi connectivity index (χ1v) is 6.96. The Morgan fingerprint density at radius 3 is 2.90 bits per heavy atom. The van der Waals surface area contributed by atoms with E-state index in [-0.39, 0.29) is 5.75 Å². The van der Waals surface area contributed by atoms with Crippen LogP contribution in [-0.4, -0.2) is 40.0 Å². The van der Waals surface area contributed by atoms with Crippen molar-refractivity contribution >= 4 is 21.4 Å². The number of rotatable bonds is 5. The molecule has 1 aromatic carbocycles. The topological polar surface area (TPSA) is 71.7 Å². The average molecular weight is 290 g/mol. The van der Waals surface area contributed by atoms with Crippen molar-refractivity contribution < 1.29 is 9.84 Å². The van der Waals surface area contributed by atoms with Crippen LogP contribution in [0.25, 0.3) is 16.2 Å². The SMILES string of the molecule is COCCNc1nn2c(-c3ccc(O)cc3)cnc2s1. The molecule has 104 valence electrons. The highest BCUT2D eigenvalue weighted by Crippen LogP contribution is 2.26. The number of methoxy groups -OCH3 is 1. The Morgan fingerprint density at radius 2 is 2.15 bits per heavy atom. The lowest BCUT2D eigenvalue weighted by atomic mass is 10.2. The van der Waals surface area contributed by atoms with E-state index in [1.165, 1.54) is 11.3 Å². The summed E-state index contributed by atoms with van der Waals surface area (Å²) < 4.78 is 6.79. The van der Waals surface area contributed by atoms with E-state index >= 15 is 0 Å². The summed E-state index contributed by atoms with van der Waals surface area (Å²) in [5.41, 5.74) is 1.86. The fourth-order valence-corrected chi connectivity index (χ4v) is 2.65. The summed E-state index contributed by atoms with van der Waals surface area (Å²) in [5, 5.41) is 17.8. The Labute approximate surface area is 119 Å². The van der Waals surface area contributed by atoms with E-state index in [1.807, 2.05) is 12.1 Å². The summed E-state index contributed by atoms with van der Waals surface area (Å²) >= 11 is 1.49. The van der Waals surface area contributed by atoms with Crippen molar-refractivity contribution in [3.63, 3.8) is 0 Å². The molecule has 0 aliphatic rings. The van der Waals surface area contributed by atoms with Gasteiger partial charge in [0.25, 0.3) is 0 Å². The van der Waals surface area contributed by atoms with E-state index in [4.69, 9.17) is 4.74 Å². The summed E-state index contributed by atoms with van der Waals surface area (Å²) in [5.74, 6) is 0.245. The Kier molecular flexibility index (Phi) is 3.53. The smallest absolute Gasteiger partial charge is 0.214 e. The molecule has 0 unspecified atom stereocenters. The van der Waals surface area contributed by atoms with E-state index < -0.39 is 0 Å². The first-order chi connectivity index (χ1) is 9.78. The number of aromatic nitrogens is 3. The maximum Gasteiger partial charge on any atom is 0.214 e. The van der Waals surface area contributed by atoms with E-state index in [2.05, 4.69) is 15.4 Å². The molecule has 0 aliphatic carbocycles. The predicted octanol–water partition coefficient (Wildman–Crippen LogP) is 2.22. The van der Waals surface area contributed by atoms with Crippen molar-refractivity contribution in [3.8, 4) is 17.0 Å². The number of fused-ring (bicyclic) bond motifs is 1. The lowest BCUT2D eigenvalue weighted by Gasteiger charge is -2.00. The third-order valence-electron chi connectivity index (χ3n) is 2.83. The number of phenols is 1. The minimum Gasteiger partial charge on any atom is -0.508 e. The molecule has 0 saturated heterocycles. The fourth-order valence-electron chi connectivity index (χ4n) is 1.85. The summed E-state index contributed by atoms with van der Waals surface area (Å²) in [6, 6.07) is 6.99. The first kappa shape index (κ1) is 12.9. The number of hydrogen-bond donors (Lipinski definition) is 2. The summed E-state index contributed by atoms with van der Waals surface area (Å²) in [6.45, 7) is 1.34. The van der Waals surface area contributed by atoms with Crippen molar-refractivity contribution in [2.45, 2.75) is 0 Å². The molecule has 20 heavy (non-hydrogen) atoms. The molecule has 2 heterocycles. The molecule has 0 saturated carbocycles. The van der Waals surface area contributed by atoms with Gasteiger partial charge in [-0.1, -0.05) is 11.3 Å². The van der Waals surface area contributed by atoms with Gasteiger partial charge in [-0.3, -0.25) is 0 Å². The minimum absolute atomic E-state index is 0.245. The molecule has 7 heteroatoms. The standard InChI is InChI=1S/C13H14N4O2S/c1-19-7-6-14-12-16-17-11(8-15-13(17)20-12)9-2-4-10(18)5-3-9/h2-5,8,18H,6-7H2,1H3,(H,14,16). The third kappa shape index (κ3) is 2.45. The highest BCUT2D eigenvalue weighted by molar-refractivity contribution is 7.20. The lowest BCUT2D eigenvalue weighted by molar-refractivity contribution is 0.210. The van der Waals surface area contributed by atoms with Gasteiger partial charge >= 0.3 is 0 Å². The van der Waals surface area contributed by atoms with Gasteiger partial charge in [-0.05, 0) is 24.3 Å². The number of hydrogen-bond acceptors (Lipinski definition) is 6. The summed E-state index contributed by atoms with van der Waals surface area (Å²) in [4.78, 5) is 5.18. The Morgan fingerprint density at radius 1 is 1.35 bits per heavy atom. The predicted molar refractivity (Wildman–Crippen MR) is 78.3 cm³/mol. The van der Waals surface area contributed by atoms with Crippen LogP contribution in [0, 0.1) is 0 Å². The Bertz CT molecular complexity index is 705. The van der Waals surface area contributed by atoms with Crippen LogP contribution in [0.4, 0.5) is 5.13 Å². The molecule has 0 amide bonds. The molecule has 2 aromatic heterocycles. The van der Waals surface area contributed by atoms with Gasteiger partial charge in [0, 0.05) is 19.2 Å². The number of ether oxygens (including phenoxy) is 1. The molecule has 0 bridgehead atoms. The molecular formula is C13H14N4O2S. The molecule has 0 fully saturated rings. The van der Waals surface area contributed by atoms with Crippen LogP contribution in [-0.2, 0) is 4.74 Å². The zero-order chi connectivity index (χ0) is 13.9. The van der Waals surface area contributed by atoms with Crippen LogP contribution >= 0.6 is 11.3 Å². The fraction of sp³-hybridized carbons (Fsp3) is 0.231. The Balaban J connectivity index is 1.90. The highest BCUT2D eigenvalue weighted by Gasteiger charge is 2.11. The molecule has 0 radical (unpaired) electrons. The number of benzene rings is 1. The van der Waals surface area contributed by atoms with Crippen molar-refractivity contribution in [2.75, 3.05) is 25.6 Å². The van der Waals surface area contributed by atoms with Crippen LogP contribution in [0.5, 0.6) is 5.75 Å². The molecule has 0 atom stereocenters. The summed E-state index contributed by atoms with van der Waals surface area (Å²) in [7, 11) is 1.67. The van der Waals surface area contributed by atoms with Gasteiger partial charge in [0.15, 0.2) is 0 Å². The second-order valence-corrected chi connectivity index (χ2v) is 5.17. The van der Waals surface area contributed by atoms with Crippen LogP contribution in [0.2, 0.25) is 0 Å². The normalized spacial score (nSPS) is 11.1. The molecule has 3 aromatic rings. The minimum atomic E-state index is 0.245. The molecule has 0 aliphatic heterocycles. The van der Waals surface area contributed by atoms with Gasteiger partial charge in [0.1, 0.15) is 5.75 Å². The highest BCUT2D eigenvalue weighted by atomic mass is 32.1. The quantitative estimate of drug-likeness (QED) is 0.705. The van der Waals surface area contributed by atoms with E-state index in [1.54, 1.807) is 30.0 Å². The number of aromatic hydroxyl groups is 1. The van der Waals surface area contributed by atoms with Crippen LogP contribution in [0.3, 0.4) is 0 Å². The Hall–Kier alpha value is -2.12. The number of imidazole rings is 1. The van der Waals surface area contributed by atoms with Gasteiger partial charge in [0.2, 0.25) is 10.1 Å². The van der Waals surface area contributed by atoms with Crippen molar-refractivity contribution in [3.05, 3.63) is 30.5 Å². The van der Waals surface area contributed by atoms with E-state index in [0.29, 0.717) is 13.2 Å². The largest absolute Gasteiger partial charge is 0.508 e. The number of phenolic OH excluding ortho intramolecular Hbond substituents is 1. The van der Waals surface area contributed by atoms with Crippen molar-refractivity contribution in [1.29, 1.82) is 0 Å². The van der Waals surface area contributed by atoms with E-state index in [0.717, 1.165) is 21.3 Å². The second-order valence-electron chi connectivity index (χ2n) is 4.21. The second kappa shape index (κ2) is 5.48. The van der Waals surface area contributed by atoms with Gasteiger partial charge in [-0.15, -0.1) is 5.10 Å². The molecule has 2 N–H and O–H groups in total. The first-order valence-electron chi connectivity index (χ1n) is 6.15. The van der Waals surface area contributed by atoms with Crippen molar-refractivity contribution in [1.82, 2.24) is 14.6 Å². The molecule has 6 nitrogen and oxygen atoms in total. The zero-order valence-electron chi connectivity index (χ0n) is 10.9. The maximum atomic E-state index is 9.33. The van der Waals surface area contributed by atoms with E-state index in [9.17, 15) is 5.11 Å². The van der Waals surface area contributed by atoms with Gasteiger partial charge in [-0.25, -0.2) is 9.50 Å². The zero-order valence-corrected chi connectivity index (χ0v) is 11.7. The monoisotopic (exact) mass is 290 g/mol. The van der Waals surface area contributed by atoms with Gasteiger partial charge < -0.3 is 15.2 Å². The molecule has 3 rings (SSSR count). The third-order valence-corrected chi connectivity index (χ3v) is 3.71. The number of nitrogens with one attached hydrogen (secondary N) is 1.